The molecule has 6 rings (SSSR count). The van der Waals surface area contributed by atoms with E-state index in [9.17, 15) is 19.6 Å². The predicted molar refractivity (Wildman–Crippen MR) is 152 cm³/mol. The van der Waals surface area contributed by atoms with Crippen LogP contribution in [0.25, 0.3) is 0 Å². The highest BCUT2D eigenvalue weighted by molar-refractivity contribution is 7.15. The molecule has 3 aromatic heterocycles. The van der Waals surface area contributed by atoms with Crippen LogP contribution in [0, 0.1) is 17.2 Å². The lowest BCUT2D eigenvalue weighted by Gasteiger charge is -2.34. The van der Waals surface area contributed by atoms with Gasteiger partial charge in [0, 0.05) is 35.9 Å². The lowest BCUT2D eigenvalue weighted by molar-refractivity contribution is -0.131. The number of aromatic amines is 1. The Morgan fingerprint density at radius 2 is 1.93 bits per heavy atom. The minimum absolute atomic E-state index is 0.0697. The summed E-state index contributed by atoms with van der Waals surface area (Å²) in [5.74, 6) is 0.481. The van der Waals surface area contributed by atoms with Crippen molar-refractivity contribution in [2.45, 2.75) is 62.6 Å². The number of rotatable bonds is 8. The van der Waals surface area contributed by atoms with Crippen molar-refractivity contribution in [3.63, 3.8) is 0 Å². The maximum Gasteiger partial charge on any atom is 0.261 e. The van der Waals surface area contributed by atoms with Crippen LogP contribution in [-0.4, -0.2) is 82.0 Å². The van der Waals surface area contributed by atoms with Crippen LogP contribution in [0.1, 0.15) is 72.2 Å². The van der Waals surface area contributed by atoms with E-state index in [1.807, 2.05) is 19.1 Å². The number of carbonyl (C=O) groups excluding carboxylic acids is 3. The second kappa shape index (κ2) is 10.6. The predicted octanol–water partition coefficient (Wildman–Crippen LogP) is 1.36. The fraction of sp³-hybridized carbons (Fsp3) is 0.519. The lowest BCUT2D eigenvalue weighted by atomic mass is 9.73. The highest BCUT2D eigenvalue weighted by atomic mass is 32.1. The fourth-order valence-corrected chi connectivity index (χ4v) is 9.02. The third-order valence-corrected chi connectivity index (χ3v) is 11.0. The SMILES string of the molecule is CNC(=O)c1cc2c(s1)CCc1cc(C(=O)NC)sc1C2(C[C@H](C)NCC(=O)N1[C@H](C#N)C[C@@H]2C[C@@H]21)c1nn[nH]n1. The number of hydrogen-bond donors (Lipinski definition) is 4. The number of nitrogens with zero attached hydrogens (tertiary/aromatic N) is 5. The summed E-state index contributed by atoms with van der Waals surface area (Å²) in [7, 11) is 3.22. The van der Waals surface area contributed by atoms with Crippen molar-refractivity contribution in [2.75, 3.05) is 20.6 Å². The molecule has 0 radical (unpaired) electrons. The molecule has 1 aliphatic heterocycles. The first-order chi connectivity index (χ1) is 19.8. The number of fused-ring (bicyclic) bond motifs is 3. The first kappa shape index (κ1) is 27.5. The Morgan fingerprint density at radius 3 is 2.61 bits per heavy atom. The molecule has 214 valence electrons. The smallest absolute Gasteiger partial charge is 0.261 e. The molecule has 4 heterocycles. The second-order valence-electron chi connectivity index (χ2n) is 10.9. The normalized spacial score (nSPS) is 24.8. The maximum atomic E-state index is 13.2. The Kier molecular flexibility index (Phi) is 7.13. The molecule has 0 spiro atoms. The van der Waals surface area contributed by atoms with Crippen LogP contribution in [0.2, 0.25) is 0 Å². The second-order valence-corrected chi connectivity index (χ2v) is 13.1. The monoisotopic (exact) mass is 593 g/mol. The number of nitrogens with one attached hydrogen (secondary N) is 4. The van der Waals surface area contributed by atoms with Gasteiger partial charge >= 0.3 is 0 Å². The van der Waals surface area contributed by atoms with Gasteiger partial charge in [0.25, 0.3) is 11.8 Å². The quantitative estimate of drug-likeness (QED) is 0.304. The summed E-state index contributed by atoms with van der Waals surface area (Å²) < 4.78 is 0. The van der Waals surface area contributed by atoms with Crippen molar-refractivity contribution >= 4 is 40.4 Å². The Balaban J connectivity index is 1.39. The number of aryl methyl sites for hydroxylation is 2. The van der Waals surface area contributed by atoms with Gasteiger partial charge in [-0.05, 0) is 68.2 Å². The Labute approximate surface area is 244 Å². The standard InChI is InChI=1S/C27H31N9O3S2/c1-13(31-12-22(37)36-16(11-28)6-15-7-18(15)36)10-27(26-32-34-35-33-26)17-9-21(25(39)30-3)40-19(17)5-4-14-8-20(24(38)29-2)41-23(14)27/h8-9,13,15-16,18,31H,4-7,10,12H2,1-3H3,(H,29,38)(H,30,39)(H,32,33,34,35)/t13-,15+,16-,18-,27?/m0/s1. The molecule has 0 bridgehead atoms. The minimum atomic E-state index is -0.923. The highest BCUT2D eigenvalue weighted by Crippen LogP contribution is 2.51. The van der Waals surface area contributed by atoms with E-state index < -0.39 is 5.41 Å². The van der Waals surface area contributed by atoms with Gasteiger partial charge in [-0.25, -0.2) is 0 Å². The van der Waals surface area contributed by atoms with E-state index in [0.29, 0.717) is 40.8 Å². The van der Waals surface area contributed by atoms with Crippen LogP contribution in [0.15, 0.2) is 12.1 Å². The van der Waals surface area contributed by atoms with Gasteiger partial charge in [0.1, 0.15) is 6.04 Å². The number of piperidine rings is 1. The van der Waals surface area contributed by atoms with Crippen molar-refractivity contribution in [3.05, 3.63) is 48.6 Å². The van der Waals surface area contributed by atoms with Gasteiger partial charge in [-0.15, -0.1) is 32.9 Å². The van der Waals surface area contributed by atoms with Crippen molar-refractivity contribution in [2.24, 2.45) is 5.92 Å². The minimum Gasteiger partial charge on any atom is -0.354 e. The summed E-state index contributed by atoms with van der Waals surface area (Å²) in [5.41, 5.74) is 1.02. The average molecular weight is 594 g/mol. The van der Waals surface area contributed by atoms with Crippen molar-refractivity contribution in [1.29, 1.82) is 5.26 Å². The summed E-state index contributed by atoms with van der Waals surface area (Å²) in [5, 5.41) is 33.8. The molecule has 12 nitrogen and oxygen atoms in total. The van der Waals surface area contributed by atoms with Crippen LogP contribution in [0.5, 0.6) is 0 Å². The van der Waals surface area contributed by atoms with Gasteiger partial charge in [0.2, 0.25) is 5.91 Å². The van der Waals surface area contributed by atoms with E-state index in [-0.39, 0.29) is 42.4 Å². The zero-order chi connectivity index (χ0) is 28.9. The van der Waals surface area contributed by atoms with E-state index >= 15 is 0 Å². The Morgan fingerprint density at radius 1 is 1.17 bits per heavy atom. The number of hydrogen-bond acceptors (Lipinski definition) is 10. The topological polar surface area (TPSA) is 169 Å². The molecule has 2 aliphatic carbocycles. The number of amides is 3. The van der Waals surface area contributed by atoms with E-state index in [4.69, 9.17) is 0 Å². The van der Waals surface area contributed by atoms with Crippen LogP contribution in [-0.2, 0) is 23.1 Å². The van der Waals surface area contributed by atoms with Gasteiger partial charge in [-0.3, -0.25) is 14.4 Å². The summed E-state index contributed by atoms with van der Waals surface area (Å²) >= 11 is 2.86. The fourth-order valence-electron chi connectivity index (χ4n) is 6.47. The molecule has 3 amide bonds. The molecule has 1 saturated heterocycles. The van der Waals surface area contributed by atoms with Crippen LogP contribution >= 0.6 is 22.7 Å². The third-order valence-electron chi connectivity index (χ3n) is 8.47. The molecule has 1 saturated carbocycles. The molecule has 41 heavy (non-hydrogen) atoms. The number of likely N-dealkylation sites (tertiary alicyclic amines) is 1. The zero-order valence-corrected chi connectivity index (χ0v) is 24.6. The number of tetrazole rings is 1. The first-order valence-electron chi connectivity index (χ1n) is 13.7. The van der Waals surface area contributed by atoms with Crippen molar-refractivity contribution in [3.8, 4) is 6.07 Å². The Bertz CT molecular complexity index is 1480. The maximum absolute atomic E-state index is 13.2. The van der Waals surface area contributed by atoms with Gasteiger partial charge in [-0.2, -0.15) is 10.5 Å². The van der Waals surface area contributed by atoms with Gasteiger partial charge in [-0.1, -0.05) is 5.21 Å². The van der Waals surface area contributed by atoms with Crippen LogP contribution in [0.3, 0.4) is 0 Å². The summed E-state index contributed by atoms with van der Waals surface area (Å²) in [6, 6.07) is 5.76. The third kappa shape index (κ3) is 4.61. The Hall–Kier alpha value is -3.67. The van der Waals surface area contributed by atoms with E-state index in [1.165, 1.54) is 22.7 Å². The molecule has 5 atom stereocenters. The molecule has 4 N–H and O–H groups in total. The molecular formula is C27H31N9O3S2. The molecular weight excluding hydrogens is 562 g/mol. The largest absolute Gasteiger partial charge is 0.354 e. The van der Waals surface area contributed by atoms with E-state index in [1.54, 1.807) is 19.0 Å². The number of H-pyrrole nitrogens is 1. The summed E-state index contributed by atoms with van der Waals surface area (Å²) in [6.45, 7) is 2.11. The highest BCUT2D eigenvalue weighted by Gasteiger charge is 2.54. The zero-order valence-electron chi connectivity index (χ0n) is 23.0. The summed E-state index contributed by atoms with van der Waals surface area (Å²) in [4.78, 5) is 43.6. The van der Waals surface area contributed by atoms with Gasteiger partial charge in [0.15, 0.2) is 5.82 Å². The molecule has 3 aliphatic rings. The van der Waals surface area contributed by atoms with Gasteiger partial charge in [0.05, 0.1) is 27.8 Å². The molecule has 0 aromatic carbocycles. The van der Waals surface area contributed by atoms with Crippen molar-refractivity contribution < 1.29 is 14.4 Å². The van der Waals surface area contributed by atoms with Crippen LogP contribution < -0.4 is 16.0 Å². The molecule has 1 unspecified atom stereocenters. The number of nitriles is 1. The number of thiophene rings is 2. The first-order valence-corrected chi connectivity index (χ1v) is 15.3. The number of carbonyl (C=O) groups is 3. The molecule has 3 aromatic rings. The average Bonchev–Trinajstić information content (AvgIpc) is 3.48. The van der Waals surface area contributed by atoms with Gasteiger partial charge < -0.3 is 20.9 Å². The number of aromatic nitrogens is 4. The van der Waals surface area contributed by atoms with E-state index in [0.717, 1.165) is 33.7 Å². The lowest BCUT2D eigenvalue weighted by Crippen LogP contribution is -2.46. The summed E-state index contributed by atoms with van der Waals surface area (Å²) in [6.07, 6.45) is 3.57. The molecule has 2 fully saturated rings. The van der Waals surface area contributed by atoms with E-state index in [2.05, 4.69) is 42.6 Å². The van der Waals surface area contributed by atoms with Crippen molar-refractivity contribution in [1.82, 2.24) is 41.5 Å². The molecule has 14 heteroatoms. The van der Waals surface area contributed by atoms with Crippen LogP contribution in [0.4, 0.5) is 0 Å².